The summed E-state index contributed by atoms with van der Waals surface area (Å²) in [5, 5.41) is 1.12. The number of fused-ring (bicyclic) bond motifs is 2. The molecule has 0 bridgehead atoms. The first-order chi connectivity index (χ1) is 14.2. The van der Waals surface area contributed by atoms with Gasteiger partial charge in [-0.1, -0.05) is 24.3 Å². The third-order valence-corrected chi connectivity index (χ3v) is 5.18. The van der Waals surface area contributed by atoms with Crippen molar-refractivity contribution in [1.29, 1.82) is 0 Å². The zero-order chi connectivity index (χ0) is 19.8. The molecule has 3 aromatic heterocycles. The van der Waals surface area contributed by atoms with Gasteiger partial charge in [-0.15, -0.1) is 0 Å². The molecule has 0 N–H and O–H groups in total. The second kappa shape index (κ2) is 6.95. The van der Waals surface area contributed by atoms with Crippen molar-refractivity contribution in [3.8, 4) is 11.3 Å². The van der Waals surface area contributed by atoms with Crippen LogP contribution in [0, 0.1) is 6.92 Å². The van der Waals surface area contributed by atoms with Crippen molar-refractivity contribution in [2.75, 3.05) is 0 Å². The molecule has 0 radical (unpaired) electrons. The monoisotopic (exact) mass is 378 g/mol. The number of hydrogen-bond acceptors (Lipinski definition) is 4. The second-order valence-electron chi connectivity index (χ2n) is 7.13. The molecule has 0 saturated carbocycles. The molecule has 5 nitrogen and oxygen atoms in total. The van der Waals surface area contributed by atoms with E-state index in [1.807, 2.05) is 55.7 Å². The van der Waals surface area contributed by atoms with Crippen LogP contribution in [0.4, 0.5) is 0 Å². The largest absolute Gasteiger partial charge is 0.311 e. The standard InChI is InChI=1S/C24H18N4O/c1-16-11-19(5-6-20(16)14-29)22-8-9-23-24(27-22)28(15-26-23)13-17-4-7-21-18(12-17)3-2-10-25-21/h2-12,14-15H,13H2,1H3. The van der Waals surface area contributed by atoms with Gasteiger partial charge in [-0.2, -0.15) is 0 Å². The maximum Gasteiger partial charge on any atom is 0.160 e. The number of nitrogens with zero attached hydrogens (tertiary/aromatic N) is 4. The summed E-state index contributed by atoms with van der Waals surface area (Å²) in [5.74, 6) is 0. The Bertz CT molecular complexity index is 1370. The van der Waals surface area contributed by atoms with Crippen LogP contribution in [-0.4, -0.2) is 25.8 Å². The van der Waals surface area contributed by atoms with E-state index >= 15 is 0 Å². The van der Waals surface area contributed by atoms with Gasteiger partial charge in [0.2, 0.25) is 0 Å². The summed E-state index contributed by atoms with van der Waals surface area (Å²) in [7, 11) is 0. The highest BCUT2D eigenvalue weighted by atomic mass is 16.1. The molecule has 0 aliphatic heterocycles. The van der Waals surface area contributed by atoms with Crippen molar-refractivity contribution in [3.05, 3.63) is 89.9 Å². The lowest BCUT2D eigenvalue weighted by molar-refractivity contribution is 0.112. The van der Waals surface area contributed by atoms with E-state index in [1.54, 1.807) is 6.20 Å². The van der Waals surface area contributed by atoms with Crippen LogP contribution in [0.3, 0.4) is 0 Å². The second-order valence-corrected chi connectivity index (χ2v) is 7.13. The highest BCUT2D eigenvalue weighted by Crippen LogP contribution is 2.23. The van der Waals surface area contributed by atoms with E-state index in [2.05, 4.69) is 32.7 Å². The van der Waals surface area contributed by atoms with Gasteiger partial charge in [0, 0.05) is 22.7 Å². The number of aromatic nitrogens is 4. The van der Waals surface area contributed by atoms with Crippen LogP contribution >= 0.6 is 0 Å². The Balaban J connectivity index is 1.53. The third kappa shape index (κ3) is 3.17. The Morgan fingerprint density at radius 3 is 2.72 bits per heavy atom. The Hall–Kier alpha value is -3.86. The fourth-order valence-corrected chi connectivity index (χ4v) is 3.60. The van der Waals surface area contributed by atoms with Gasteiger partial charge in [0.25, 0.3) is 0 Å². The summed E-state index contributed by atoms with van der Waals surface area (Å²) in [6, 6.07) is 20.0. The van der Waals surface area contributed by atoms with Gasteiger partial charge in [-0.25, -0.2) is 9.97 Å². The summed E-state index contributed by atoms with van der Waals surface area (Å²) in [6.07, 6.45) is 4.51. The smallest absolute Gasteiger partial charge is 0.160 e. The molecule has 5 rings (SSSR count). The van der Waals surface area contributed by atoms with Crippen molar-refractivity contribution in [2.24, 2.45) is 0 Å². The van der Waals surface area contributed by atoms with Crippen LogP contribution in [0.1, 0.15) is 21.5 Å². The lowest BCUT2D eigenvalue weighted by atomic mass is 10.0. The average molecular weight is 378 g/mol. The molecule has 0 saturated heterocycles. The van der Waals surface area contributed by atoms with Crippen molar-refractivity contribution in [1.82, 2.24) is 19.5 Å². The SMILES string of the molecule is Cc1cc(-c2ccc3ncn(Cc4ccc5ncccc5c4)c3n2)ccc1C=O. The minimum absolute atomic E-state index is 0.681. The minimum atomic E-state index is 0.681. The number of hydrogen-bond donors (Lipinski definition) is 0. The molecule has 2 aromatic carbocycles. The summed E-state index contributed by atoms with van der Waals surface area (Å²) < 4.78 is 2.06. The molecule has 0 aliphatic carbocycles. The quantitative estimate of drug-likeness (QED) is 0.421. The van der Waals surface area contributed by atoms with E-state index in [1.165, 1.54) is 5.56 Å². The van der Waals surface area contributed by atoms with E-state index < -0.39 is 0 Å². The molecule has 5 aromatic rings. The topological polar surface area (TPSA) is 60.7 Å². The Morgan fingerprint density at radius 2 is 1.86 bits per heavy atom. The highest BCUT2D eigenvalue weighted by Gasteiger charge is 2.09. The van der Waals surface area contributed by atoms with Crippen molar-refractivity contribution in [3.63, 3.8) is 0 Å². The van der Waals surface area contributed by atoms with Crippen LogP contribution in [0.5, 0.6) is 0 Å². The molecule has 0 unspecified atom stereocenters. The van der Waals surface area contributed by atoms with E-state index in [-0.39, 0.29) is 0 Å². The van der Waals surface area contributed by atoms with Crippen LogP contribution in [-0.2, 0) is 6.54 Å². The van der Waals surface area contributed by atoms with Crippen LogP contribution in [0.2, 0.25) is 0 Å². The van der Waals surface area contributed by atoms with Crippen LogP contribution in [0.25, 0.3) is 33.3 Å². The third-order valence-electron chi connectivity index (χ3n) is 5.18. The predicted molar refractivity (Wildman–Crippen MR) is 114 cm³/mol. The molecule has 3 heterocycles. The Labute approximate surface area is 167 Å². The van der Waals surface area contributed by atoms with E-state index in [9.17, 15) is 4.79 Å². The molecule has 0 spiro atoms. The molecule has 0 aliphatic rings. The molecule has 0 fully saturated rings. The van der Waals surface area contributed by atoms with Gasteiger partial charge in [-0.3, -0.25) is 9.78 Å². The summed E-state index contributed by atoms with van der Waals surface area (Å²) in [4.78, 5) is 24.8. The maximum absolute atomic E-state index is 11.1. The fourth-order valence-electron chi connectivity index (χ4n) is 3.60. The summed E-state index contributed by atoms with van der Waals surface area (Å²) >= 11 is 0. The minimum Gasteiger partial charge on any atom is -0.311 e. The van der Waals surface area contributed by atoms with Gasteiger partial charge in [0.05, 0.1) is 24.1 Å². The summed E-state index contributed by atoms with van der Waals surface area (Å²) in [6.45, 7) is 2.62. The van der Waals surface area contributed by atoms with Crippen molar-refractivity contribution < 1.29 is 4.79 Å². The fraction of sp³-hybridized carbons (Fsp3) is 0.0833. The number of pyridine rings is 2. The normalized spacial score (nSPS) is 11.2. The molecule has 0 amide bonds. The van der Waals surface area contributed by atoms with Crippen molar-refractivity contribution in [2.45, 2.75) is 13.5 Å². The predicted octanol–water partition coefficient (Wildman–Crippen LogP) is 4.82. The number of aryl methyl sites for hydroxylation is 1. The number of imidazole rings is 1. The average Bonchev–Trinajstić information content (AvgIpc) is 3.15. The lowest BCUT2D eigenvalue weighted by Crippen LogP contribution is -2.00. The Morgan fingerprint density at radius 1 is 0.966 bits per heavy atom. The number of carbonyl (C=O) groups excluding carboxylic acids is 1. The van der Waals surface area contributed by atoms with Crippen LogP contribution < -0.4 is 0 Å². The first-order valence-corrected chi connectivity index (χ1v) is 9.43. The Kier molecular flexibility index (Phi) is 4.13. The number of rotatable bonds is 4. The zero-order valence-corrected chi connectivity index (χ0v) is 15.9. The number of aldehydes is 1. The number of carbonyl (C=O) groups is 1. The molecular formula is C24H18N4O. The number of benzene rings is 2. The van der Waals surface area contributed by atoms with Gasteiger partial charge in [0.1, 0.15) is 11.8 Å². The molecule has 5 heteroatoms. The molecule has 29 heavy (non-hydrogen) atoms. The van der Waals surface area contributed by atoms with Crippen LogP contribution in [0.15, 0.2) is 73.2 Å². The van der Waals surface area contributed by atoms with Gasteiger partial charge in [0.15, 0.2) is 5.65 Å². The molecular weight excluding hydrogens is 360 g/mol. The summed E-state index contributed by atoms with van der Waals surface area (Å²) in [5.41, 5.74) is 7.35. The van der Waals surface area contributed by atoms with Crippen molar-refractivity contribution >= 4 is 28.4 Å². The molecule has 0 atom stereocenters. The first kappa shape index (κ1) is 17.3. The zero-order valence-electron chi connectivity index (χ0n) is 15.9. The first-order valence-electron chi connectivity index (χ1n) is 9.43. The maximum atomic E-state index is 11.1. The molecule has 140 valence electrons. The van der Waals surface area contributed by atoms with Gasteiger partial charge >= 0.3 is 0 Å². The van der Waals surface area contributed by atoms with E-state index in [4.69, 9.17) is 4.98 Å². The lowest BCUT2D eigenvalue weighted by Gasteiger charge is -2.08. The van der Waals surface area contributed by atoms with E-state index in [0.717, 1.165) is 45.2 Å². The van der Waals surface area contributed by atoms with Gasteiger partial charge in [-0.05, 0) is 54.4 Å². The highest BCUT2D eigenvalue weighted by molar-refractivity contribution is 5.81. The van der Waals surface area contributed by atoms with E-state index in [0.29, 0.717) is 12.1 Å². The van der Waals surface area contributed by atoms with Gasteiger partial charge < -0.3 is 4.57 Å².